The van der Waals surface area contributed by atoms with Crippen molar-refractivity contribution in [1.82, 2.24) is 0 Å². The lowest BCUT2D eigenvalue weighted by Gasteiger charge is -2.09. The summed E-state index contributed by atoms with van der Waals surface area (Å²) in [5.41, 5.74) is -0.935. The van der Waals surface area contributed by atoms with Gasteiger partial charge in [0.1, 0.15) is 11.6 Å². The smallest absolute Gasteiger partial charge is 0.323 e. The van der Waals surface area contributed by atoms with Crippen LogP contribution in [0.2, 0.25) is 0 Å². The van der Waals surface area contributed by atoms with Crippen LogP contribution >= 0.6 is 0 Å². The Morgan fingerprint density at radius 1 is 1.00 bits per heavy atom. The maximum atomic E-state index is 13.4. The average molecular weight is 375 g/mol. The molecule has 0 unspecified atom stereocenters. The molecule has 0 atom stereocenters. The van der Waals surface area contributed by atoms with Gasteiger partial charge >= 0.3 is 6.18 Å². The van der Waals surface area contributed by atoms with Crippen molar-refractivity contribution in [1.29, 1.82) is 0 Å². The van der Waals surface area contributed by atoms with Crippen molar-refractivity contribution in [2.24, 2.45) is 0 Å². The van der Waals surface area contributed by atoms with Crippen molar-refractivity contribution in [3.63, 3.8) is 0 Å². The number of hydrogen-bond acceptors (Lipinski definition) is 3. The van der Waals surface area contributed by atoms with Crippen molar-refractivity contribution in [3.05, 3.63) is 65.5 Å². The van der Waals surface area contributed by atoms with Crippen LogP contribution in [0.4, 0.5) is 23.2 Å². The quantitative estimate of drug-likeness (QED) is 0.815. The molecule has 0 aliphatic rings. The number of alkyl halides is 3. The SMILES string of the molecule is O=C(CS(=O)(=O)Cc1ccc(C(F)(F)F)cc1)Nc1ccccc1F. The number of hydrogen-bond donors (Lipinski definition) is 1. The summed E-state index contributed by atoms with van der Waals surface area (Å²) in [6.07, 6.45) is -4.52. The van der Waals surface area contributed by atoms with E-state index in [0.717, 1.165) is 30.3 Å². The van der Waals surface area contributed by atoms with Crippen LogP contribution in [0.25, 0.3) is 0 Å². The van der Waals surface area contributed by atoms with Crippen molar-refractivity contribution in [2.75, 3.05) is 11.1 Å². The second-order valence-electron chi connectivity index (χ2n) is 5.25. The lowest BCUT2D eigenvalue weighted by atomic mass is 10.1. The van der Waals surface area contributed by atoms with Crippen LogP contribution in [0.3, 0.4) is 0 Å². The molecule has 0 spiro atoms. The highest BCUT2D eigenvalue weighted by Crippen LogP contribution is 2.29. The van der Waals surface area contributed by atoms with Gasteiger partial charge in [-0.3, -0.25) is 4.79 Å². The zero-order valence-corrected chi connectivity index (χ0v) is 13.5. The van der Waals surface area contributed by atoms with Crippen LogP contribution in [0.1, 0.15) is 11.1 Å². The van der Waals surface area contributed by atoms with Gasteiger partial charge in [-0.2, -0.15) is 13.2 Å². The van der Waals surface area contributed by atoms with Crippen molar-refractivity contribution < 1.29 is 30.8 Å². The lowest BCUT2D eigenvalue weighted by Crippen LogP contribution is -2.24. The molecular weight excluding hydrogens is 362 g/mol. The van der Waals surface area contributed by atoms with E-state index in [1.165, 1.54) is 18.2 Å². The van der Waals surface area contributed by atoms with Gasteiger partial charge in [-0.25, -0.2) is 12.8 Å². The summed E-state index contributed by atoms with van der Waals surface area (Å²) in [5.74, 6) is -3.16. The number of amides is 1. The second kappa shape index (κ2) is 7.22. The highest BCUT2D eigenvalue weighted by atomic mass is 32.2. The normalized spacial score (nSPS) is 12.0. The fourth-order valence-corrected chi connectivity index (χ4v) is 3.32. The van der Waals surface area contributed by atoms with Gasteiger partial charge < -0.3 is 5.32 Å². The Bertz CT molecular complexity index is 862. The molecule has 0 aromatic heterocycles. The Morgan fingerprint density at radius 3 is 2.16 bits per heavy atom. The topological polar surface area (TPSA) is 63.2 Å². The maximum absolute atomic E-state index is 13.4. The monoisotopic (exact) mass is 375 g/mol. The van der Waals surface area contributed by atoms with E-state index in [9.17, 15) is 30.8 Å². The van der Waals surface area contributed by atoms with Gasteiger partial charge in [0.2, 0.25) is 5.91 Å². The number of anilines is 1. The minimum Gasteiger partial charge on any atom is -0.323 e. The number of para-hydroxylation sites is 1. The fourth-order valence-electron chi connectivity index (χ4n) is 2.04. The molecule has 0 heterocycles. The van der Waals surface area contributed by atoms with E-state index >= 15 is 0 Å². The zero-order valence-electron chi connectivity index (χ0n) is 12.7. The van der Waals surface area contributed by atoms with E-state index in [4.69, 9.17) is 0 Å². The summed E-state index contributed by atoms with van der Waals surface area (Å²) < 4.78 is 74.8. The van der Waals surface area contributed by atoms with E-state index in [2.05, 4.69) is 5.32 Å². The Hall–Kier alpha value is -2.42. The predicted octanol–water partition coefficient (Wildman–Crippen LogP) is 3.40. The predicted molar refractivity (Wildman–Crippen MR) is 84.0 cm³/mol. The summed E-state index contributed by atoms with van der Waals surface area (Å²) in [6, 6.07) is 8.86. The van der Waals surface area contributed by atoms with Crippen LogP contribution in [0, 0.1) is 5.82 Å². The van der Waals surface area contributed by atoms with Gasteiger partial charge in [0, 0.05) is 0 Å². The average Bonchev–Trinajstić information content (AvgIpc) is 2.48. The van der Waals surface area contributed by atoms with Gasteiger partial charge in [0.25, 0.3) is 0 Å². The third-order valence-electron chi connectivity index (χ3n) is 3.17. The summed E-state index contributed by atoms with van der Waals surface area (Å²) in [6.45, 7) is 0. The third kappa shape index (κ3) is 5.56. The molecule has 0 saturated heterocycles. The summed E-state index contributed by atoms with van der Waals surface area (Å²) in [7, 11) is -3.93. The second-order valence-corrected chi connectivity index (χ2v) is 7.32. The first kappa shape index (κ1) is 18.9. The molecule has 1 amide bonds. The molecule has 0 aliphatic heterocycles. The molecule has 4 nitrogen and oxygen atoms in total. The Morgan fingerprint density at radius 2 is 1.60 bits per heavy atom. The van der Waals surface area contributed by atoms with Crippen LogP contribution in [0.15, 0.2) is 48.5 Å². The number of carbonyl (C=O) groups is 1. The first-order valence-electron chi connectivity index (χ1n) is 6.98. The van der Waals surface area contributed by atoms with Crippen LogP contribution in [0.5, 0.6) is 0 Å². The van der Waals surface area contributed by atoms with Crippen molar-refractivity contribution >= 4 is 21.4 Å². The van der Waals surface area contributed by atoms with Crippen molar-refractivity contribution in [3.8, 4) is 0 Å². The standard InChI is InChI=1S/C16H13F4NO3S/c17-13-3-1-2-4-14(13)21-15(22)10-25(23,24)9-11-5-7-12(8-6-11)16(18,19)20/h1-8H,9-10H2,(H,21,22). The molecule has 2 aromatic rings. The van der Waals surface area contributed by atoms with Crippen molar-refractivity contribution in [2.45, 2.75) is 11.9 Å². The minimum atomic E-state index is -4.52. The molecule has 0 aliphatic carbocycles. The van der Waals surface area contributed by atoms with Gasteiger partial charge in [-0.1, -0.05) is 24.3 Å². The lowest BCUT2D eigenvalue weighted by molar-refractivity contribution is -0.137. The number of carbonyl (C=O) groups excluding carboxylic acids is 1. The molecular formula is C16H13F4NO3S. The van der Waals surface area contributed by atoms with Gasteiger partial charge in [-0.15, -0.1) is 0 Å². The third-order valence-corrected chi connectivity index (χ3v) is 4.64. The van der Waals surface area contributed by atoms with E-state index in [1.54, 1.807) is 0 Å². The minimum absolute atomic E-state index is 0.117. The molecule has 134 valence electrons. The van der Waals surface area contributed by atoms with Gasteiger partial charge in [0.05, 0.1) is 17.0 Å². The molecule has 1 N–H and O–H groups in total. The number of halogens is 4. The molecule has 2 rings (SSSR count). The number of sulfone groups is 1. The van der Waals surface area contributed by atoms with E-state index in [0.29, 0.717) is 0 Å². The van der Waals surface area contributed by atoms with Crippen LogP contribution < -0.4 is 5.32 Å². The molecule has 0 radical (unpaired) electrons. The Balaban J connectivity index is 2.02. The van der Waals surface area contributed by atoms with E-state index < -0.39 is 44.8 Å². The fraction of sp³-hybridized carbons (Fsp3) is 0.188. The summed E-state index contributed by atoms with van der Waals surface area (Å²) in [5, 5.41) is 2.14. The molecule has 0 bridgehead atoms. The Kier molecular flexibility index (Phi) is 5.46. The molecule has 25 heavy (non-hydrogen) atoms. The first-order valence-corrected chi connectivity index (χ1v) is 8.80. The summed E-state index contributed by atoms with van der Waals surface area (Å²) in [4.78, 5) is 11.8. The van der Waals surface area contributed by atoms with E-state index in [-0.39, 0.29) is 11.3 Å². The number of benzene rings is 2. The molecule has 9 heteroatoms. The van der Waals surface area contributed by atoms with Gasteiger partial charge in [0.15, 0.2) is 9.84 Å². The highest BCUT2D eigenvalue weighted by Gasteiger charge is 2.30. The first-order chi connectivity index (χ1) is 11.6. The van der Waals surface area contributed by atoms with Crippen LogP contribution in [-0.2, 0) is 26.6 Å². The highest BCUT2D eigenvalue weighted by molar-refractivity contribution is 7.91. The number of rotatable bonds is 5. The van der Waals surface area contributed by atoms with Crippen LogP contribution in [-0.4, -0.2) is 20.1 Å². The van der Waals surface area contributed by atoms with E-state index in [1.807, 2.05) is 0 Å². The number of nitrogens with one attached hydrogen (secondary N) is 1. The molecule has 2 aromatic carbocycles. The largest absolute Gasteiger partial charge is 0.416 e. The zero-order chi connectivity index (χ0) is 18.7. The van der Waals surface area contributed by atoms with Gasteiger partial charge in [-0.05, 0) is 29.8 Å². The molecule has 0 saturated carbocycles. The maximum Gasteiger partial charge on any atom is 0.416 e. The Labute approximate surface area is 141 Å². The molecule has 0 fully saturated rings. The summed E-state index contributed by atoms with van der Waals surface area (Å²) >= 11 is 0.